The molecule has 0 radical (unpaired) electrons. The molecule has 1 aliphatic heterocycles. The Balaban J connectivity index is 1.74. The van der Waals surface area contributed by atoms with Crippen molar-refractivity contribution >= 4 is 0 Å². The zero-order valence-corrected chi connectivity index (χ0v) is 13.0. The van der Waals surface area contributed by atoms with Gasteiger partial charge in [-0.25, -0.2) is 0 Å². The molecule has 2 heterocycles. The summed E-state index contributed by atoms with van der Waals surface area (Å²) in [6.45, 7) is 3.06. The van der Waals surface area contributed by atoms with Gasteiger partial charge in [-0.2, -0.15) is 0 Å². The summed E-state index contributed by atoms with van der Waals surface area (Å²) in [5.41, 5.74) is 0.764. The van der Waals surface area contributed by atoms with Crippen LogP contribution in [0.15, 0.2) is 17.1 Å². The van der Waals surface area contributed by atoms with Crippen LogP contribution in [0.1, 0.15) is 37.4 Å². The summed E-state index contributed by atoms with van der Waals surface area (Å²) in [5.74, 6) is -0.132. The van der Waals surface area contributed by atoms with Crippen LogP contribution in [0.5, 0.6) is 5.75 Å². The first kappa shape index (κ1) is 14.6. The second-order valence-electron chi connectivity index (χ2n) is 6.60. The number of hydrogen-bond acceptors (Lipinski definition) is 4. The van der Waals surface area contributed by atoms with Crippen LogP contribution in [0.4, 0.5) is 0 Å². The van der Waals surface area contributed by atoms with E-state index >= 15 is 0 Å². The van der Waals surface area contributed by atoms with Crippen LogP contribution in [0.25, 0.3) is 0 Å². The number of nitrogens with zero attached hydrogens (tertiary/aromatic N) is 3. The standard InChI is InChI=1S/C16H25N3O2/c1-17-7-5-12(6-8-17)18(2)10-14-9-15(20)16(21)11-19(14)13-3-4-13/h9,11-13,21H,3-8,10H2,1-2H3. The molecule has 2 aliphatic rings. The maximum absolute atomic E-state index is 11.7. The van der Waals surface area contributed by atoms with Crippen molar-refractivity contribution < 1.29 is 5.11 Å². The summed E-state index contributed by atoms with van der Waals surface area (Å²) in [7, 11) is 4.31. The van der Waals surface area contributed by atoms with E-state index in [9.17, 15) is 9.90 Å². The van der Waals surface area contributed by atoms with Crippen LogP contribution in [-0.2, 0) is 6.54 Å². The van der Waals surface area contributed by atoms with E-state index in [0.717, 1.165) is 38.2 Å². The van der Waals surface area contributed by atoms with Crippen molar-refractivity contribution in [2.24, 2.45) is 0 Å². The van der Waals surface area contributed by atoms with E-state index in [4.69, 9.17) is 0 Å². The third kappa shape index (κ3) is 3.30. The lowest BCUT2D eigenvalue weighted by atomic mass is 10.0. The molecule has 1 aromatic heterocycles. The van der Waals surface area contributed by atoms with Gasteiger partial charge in [0.2, 0.25) is 5.43 Å². The van der Waals surface area contributed by atoms with E-state index in [1.54, 1.807) is 12.3 Å². The zero-order chi connectivity index (χ0) is 15.0. The minimum Gasteiger partial charge on any atom is -0.503 e. The third-order valence-electron chi connectivity index (χ3n) is 4.81. The lowest BCUT2D eigenvalue weighted by Gasteiger charge is -2.35. The van der Waals surface area contributed by atoms with Crippen LogP contribution in [0.2, 0.25) is 0 Å². The predicted octanol–water partition coefficient (Wildman–Crippen LogP) is 1.41. The van der Waals surface area contributed by atoms with Gasteiger partial charge >= 0.3 is 0 Å². The molecule has 0 amide bonds. The van der Waals surface area contributed by atoms with E-state index < -0.39 is 0 Å². The van der Waals surface area contributed by atoms with Crippen molar-refractivity contribution in [2.75, 3.05) is 27.2 Å². The Morgan fingerprint density at radius 1 is 1.29 bits per heavy atom. The van der Waals surface area contributed by atoms with Gasteiger partial charge in [0.05, 0.1) is 6.20 Å². The molecule has 1 N–H and O–H groups in total. The van der Waals surface area contributed by atoms with Crippen LogP contribution in [0, 0.1) is 0 Å². The first-order valence-corrected chi connectivity index (χ1v) is 7.87. The summed E-state index contributed by atoms with van der Waals surface area (Å²) >= 11 is 0. The Hall–Kier alpha value is -1.33. The molecule has 0 bridgehead atoms. The van der Waals surface area contributed by atoms with Gasteiger partial charge in [0.15, 0.2) is 5.75 Å². The molecule has 5 nitrogen and oxygen atoms in total. The number of hydrogen-bond donors (Lipinski definition) is 1. The number of aromatic nitrogens is 1. The Labute approximate surface area is 125 Å². The van der Waals surface area contributed by atoms with Crippen LogP contribution in [-0.4, -0.2) is 52.7 Å². The van der Waals surface area contributed by atoms with Gasteiger partial charge in [0.1, 0.15) is 0 Å². The predicted molar refractivity (Wildman–Crippen MR) is 82.6 cm³/mol. The van der Waals surface area contributed by atoms with Gasteiger partial charge in [-0.3, -0.25) is 9.69 Å². The molecule has 3 rings (SSSR count). The third-order valence-corrected chi connectivity index (χ3v) is 4.81. The molecule has 1 aromatic rings. The van der Waals surface area contributed by atoms with Crippen molar-refractivity contribution in [1.29, 1.82) is 0 Å². The average Bonchev–Trinajstić information content (AvgIpc) is 3.27. The molecule has 1 saturated heterocycles. The molecule has 5 heteroatoms. The maximum Gasteiger partial charge on any atom is 0.223 e. The fourth-order valence-corrected chi connectivity index (χ4v) is 3.22. The fraction of sp³-hybridized carbons (Fsp3) is 0.688. The summed E-state index contributed by atoms with van der Waals surface area (Å²) in [4.78, 5) is 16.5. The smallest absolute Gasteiger partial charge is 0.223 e. The van der Waals surface area contributed by atoms with Crippen molar-refractivity contribution in [3.05, 3.63) is 28.2 Å². The largest absolute Gasteiger partial charge is 0.503 e. The van der Waals surface area contributed by atoms with Gasteiger partial charge < -0.3 is 14.6 Å². The Morgan fingerprint density at radius 3 is 2.57 bits per heavy atom. The van der Waals surface area contributed by atoms with E-state index in [2.05, 4.69) is 28.5 Å². The molecule has 0 atom stereocenters. The molecular formula is C16H25N3O2. The molecule has 0 spiro atoms. The normalized spacial score (nSPS) is 21.1. The number of piperidine rings is 1. The van der Waals surface area contributed by atoms with Gasteiger partial charge in [0, 0.05) is 30.4 Å². The first-order valence-electron chi connectivity index (χ1n) is 7.87. The highest BCUT2D eigenvalue weighted by Gasteiger charge is 2.27. The van der Waals surface area contributed by atoms with E-state index in [1.165, 1.54) is 12.8 Å². The molecule has 0 unspecified atom stereocenters. The summed E-state index contributed by atoms with van der Waals surface area (Å²) < 4.78 is 2.10. The lowest BCUT2D eigenvalue weighted by Crippen LogP contribution is -2.42. The van der Waals surface area contributed by atoms with E-state index in [-0.39, 0.29) is 11.2 Å². The quantitative estimate of drug-likeness (QED) is 0.911. The highest BCUT2D eigenvalue weighted by atomic mass is 16.3. The average molecular weight is 291 g/mol. The summed E-state index contributed by atoms with van der Waals surface area (Å²) in [6, 6.07) is 2.66. The van der Waals surface area contributed by atoms with Gasteiger partial charge in [-0.1, -0.05) is 0 Å². The van der Waals surface area contributed by atoms with Crippen molar-refractivity contribution in [3.8, 4) is 5.75 Å². The lowest BCUT2D eigenvalue weighted by molar-refractivity contribution is 0.137. The van der Waals surface area contributed by atoms with Crippen molar-refractivity contribution in [3.63, 3.8) is 0 Å². The molecule has 2 fully saturated rings. The number of aromatic hydroxyl groups is 1. The van der Waals surface area contributed by atoms with Gasteiger partial charge in [0.25, 0.3) is 0 Å². The van der Waals surface area contributed by atoms with Crippen molar-refractivity contribution in [1.82, 2.24) is 14.4 Å². The SMILES string of the molecule is CN1CCC(N(C)Cc2cc(=O)c(O)cn2C2CC2)CC1. The van der Waals surface area contributed by atoms with E-state index in [0.29, 0.717) is 12.1 Å². The van der Waals surface area contributed by atoms with Crippen LogP contribution < -0.4 is 5.43 Å². The second kappa shape index (κ2) is 5.81. The number of rotatable bonds is 4. The molecule has 1 aliphatic carbocycles. The van der Waals surface area contributed by atoms with Gasteiger partial charge in [-0.15, -0.1) is 0 Å². The molecular weight excluding hydrogens is 266 g/mol. The second-order valence-corrected chi connectivity index (χ2v) is 6.60. The highest BCUT2D eigenvalue weighted by molar-refractivity contribution is 5.22. The van der Waals surface area contributed by atoms with Crippen LogP contribution in [0.3, 0.4) is 0 Å². The Bertz CT molecular complexity index is 557. The summed E-state index contributed by atoms with van der Waals surface area (Å²) in [5, 5.41) is 9.66. The minimum absolute atomic E-state index is 0.132. The molecule has 0 aromatic carbocycles. The topological polar surface area (TPSA) is 48.7 Å². The van der Waals surface area contributed by atoms with Gasteiger partial charge in [-0.05, 0) is 52.9 Å². The number of pyridine rings is 1. The van der Waals surface area contributed by atoms with Crippen molar-refractivity contribution in [2.45, 2.75) is 44.3 Å². The Morgan fingerprint density at radius 2 is 1.95 bits per heavy atom. The maximum atomic E-state index is 11.7. The molecule has 116 valence electrons. The minimum atomic E-state index is -0.265. The molecule has 21 heavy (non-hydrogen) atoms. The first-order chi connectivity index (χ1) is 10.0. The fourth-order valence-electron chi connectivity index (χ4n) is 3.22. The molecule has 1 saturated carbocycles. The highest BCUT2D eigenvalue weighted by Crippen LogP contribution is 2.36. The van der Waals surface area contributed by atoms with E-state index in [1.807, 2.05) is 0 Å². The Kier molecular flexibility index (Phi) is 4.04. The number of likely N-dealkylation sites (tertiary alicyclic amines) is 1. The monoisotopic (exact) mass is 291 g/mol. The van der Waals surface area contributed by atoms with Crippen LogP contribution >= 0.6 is 0 Å². The summed E-state index contributed by atoms with van der Waals surface area (Å²) in [6.07, 6.45) is 6.27. The zero-order valence-electron chi connectivity index (χ0n) is 13.0.